The predicted molar refractivity (Wildman–Crippen MR) is 71.1 cm³/mol. The maximum absolute atomic E-state index is 3.78. The van der Waals surface area contributed by atoms with Crippen molar-refractivity contribution >= 4 is 11.8 Å². The highest BCUT2D eigenvalue weighted by Gasteiger charge is 2.44. The van der Waals surface area contributed by atoms with Crippen molar-refractivity contribution in [1.82, 2.24) is 10.2 Å². The van der Waals surface area contributed by atoms with Crippen molar-refractivity contribution in [2.45, 2.75) is 44.2 Å². The molecule has 92 valence electrons. The first kappa shape index (κ1) is 11.4. The molecule has 1 N–H and O–H groups in total. The summed E-state index contributed by atoms with van der Waals surface area (Å²) in [5.41, 5.74) is 0.433. The van der Waals surface area contributed by atoms with Crippen LogP contribution in [0.3, 0.4) is 0 Å². The molecule has 16 heavy (non-hydrogen) atoms. The summed E-state index contributed by atoms with van der Waals surface area (Å²) in [6.07, 6.45) is 5.76. The van der Waals surface area contributed by atoms with Crippen molar-refractivity contribution < 1.29 is 0 Å². The zero-order valence-electron chi connectivity index (χ0n) is 10.4. The number of nitrogens with zero attached hydrogens (tertiary/aromatic N) is 1. The summed E-state index contributed by atoms with van der Waals surface area (Å²) in [6.45, 7) is 6.23. The van der Waals surface area contributed by atoms with Crippen LogP contribution in [-0.4, -0.2) is 47.6 Å². The van der Waals surface area contributed by atoms with Crippen LogP contribution in [0, 0.1) is 5.92 Å². The first-order valence-electron chi connectivity index (χ1n) is 6.85. The molecule has 0 aromatic heterocycles. The van der Waals surface area contributed by atoms with E-state index in [4.69, 9.17) is 0 Å². The van der Waals surface area contributed by atoms with Crippen LogP contribution >= 0.6 is 11.8 Å². The van der Waals surface area contributed by atoms with E-state index >= 15 is 0 Å². The normalized spacial score (nSPS) is 38.8. The standard InChI is InChI=1S/C13H24N2S/c1-13(11-2-3-11)10-15(7-6-14-13)12-4-8-16-9-5-12/h11-12,14H,2-10H2,1H3. The van der Waals surface area contributed by atoms with Gasteiger partial charge >= 0.3 is 0 Å². The molecule has 2 saturated heterocycles. The first-order chi connectivity index (χ1) is 7.78. The second kappa shape index (κ2) is 4.51. The molecule has 0 radical (unpaired) electrons. The lowest BCUT2D eigenvalue weighted by molar-refractivity contribution is 0.0840. The molecular formula is C13H24N2S. The molecule has 3 heteroatoms. The molecule has 3 fully saturated rings. The van der Waals surface area contributed by atoms with E-state index < -0.39 is 0 Å². The largest absolute Gasteiger partial charge is 0.309 e. The number of rotatable bonds is 2. The van der Waals surface area contributed by atoms with Gasteiger partial charge in [-0.2, -0.15) is 11.8 Å². The maximum Gasteiger partial charge on any atom is 0.0309 e. The number of piperazine rings is 1. The predicted octanol–water partition coefficient (Wildman–Crippen LogP) is 1.96. The van der Waals surface area contributed by atoms with Crippen molar-refractivity contribution in [2.75, 3.05) is 31.1 Å². The Morgan fingerprint density at radius 2 is 1.94 bits per heavy atom. The van der Waals surface area contributed by atoms with Crippen molar-refractivity contribution in [3.63, 3.8) is 0 Å². The number of thioether (sulfide) groups is 1. The Kier molecular flexibility index (Phi) is 3.20. The number of nitrogens with one attached hydrogen (secondary N) is 1. The van der Waals surface area contributed by atoms with Gasteiger partial charge in [0, 0.05) is 31.2 Å². The third-order valence-electron chi connectivity index (χ3n) is 4.65. The Hall–Kier alpha value is 0.270. The van der Waals surface area contributed by atoms with Gasteiger partial charge in [-0.3, -0.25) is 4.90 Å². The number of hydrogen-bond donors (Lipinski definition) is 1. The minimum atomic E-state index is 0.433. The topological polar surface area (TPSA) is 15.3 Å². The molecule has 1 saturated carbocycles. The lowest BCUT2D eigenvalue weighted by atomic mass is 9.91. The van der Waals surface area contributed by atoms with Crippen LogP contribution in [0.4, 0.5) is 0 Å². The second-order valence-electron chi connectivity index (χ2n) is 5.93. The van der Waals surface area contributed by atoms with Crippen molar-refractivity contribution in [3.05, 3.63) is 0 Å². The average molecular weight is 240 g/mol. The highest BCUT2D eigenvalue weighted by molar-refractivity contribution is 7.99. The molecule has 0 aromatic rings. The summed E-state index contributed by atoms with van der Waals surface area (Å²) in [6, 6.07) is 0.890. The highest BCUT2D eigenvalue weighted by Crippen LogP contribution is 2.41. The average Bonchev–Trinajstić information content (AvgIpc) is 3.14. The summed E-state index contributed by atoms with van der Waals surface area (Å²) in [5, 5.41) is 3.78. The SMILES string of the molecule is CC1(C2CC2)CN(C2CCSCC2)CCN1. The van der Waals surface area contributed by atoms with Gasteiger partial charge < -0.3 is 5.32 Å². The van der Waals surface area contributed by atoms with E-state index in [0.29, 0.717) is 5.54 Å². The molecule has 2 nitrogen and oxygen atoms in total. The zero-order chi connectivity index (χ0) is 11.0. The van der Waals surface area contributed by atoms with Gasteiger partial charge in [-0.25, -0.2) is 0 Å². The zero-order valence-corrected chi connectivity index (χ0v) is 11.2. The summed E-state index contributed by atoms with van der Waals surface area (Å²) in [4.78, 5) is 2.79. The van der Waals surface area contributed by atoms with Crippen LogP contribution in [0.25, 0.3) is 0 Å². The van der Waals surface area contributed by atoms with Crippen LogP contribution in [0.15, 0.2) is 0 Å². The van der Waals surface area contributed by atoms with Crippen LogP contribution < -0.4 is 5.32 Å². The van der Waals surface area contributed by atoms with Gasteiger partial charge in [0.2, 0.25) is 0 Å². The van der Waals surface area contributed by atoms with E-state index in [1.165, 1.54) is 56.8 Å². The molecular weight excluding hydrogens is 216 g/mol. The lowest BCUT2D eigenvalue weighted by Gasteiger charge is -2.46. The molecule has 1 unspecified atom stereocenters. The quantitative estimate of drug-likeness (QED) is 0.794. The second-order valence-corrected chi connectivity index (χ2v) is 7.16. The molecule has 2 aliphatic heterocycles. The summed E-state index contributed by atoms with van der Waals surface area (Å²) in [7, 11) is 0. The van der Waals surface area contributed by atoms with E-state index in [2.05, 4.69) is 28.9 Å². The van der Waals surface area contributed by atoms with Gasteiger partial charge in [-0.1, -0.05) is 0 Å². The fourth-order valence-corrected chi connectivity index (χ4v) is 4.48. The molecule has 0 bridgehead atoms. The Bertz CT molecular complexity index is 248. The minimum absolute atomic E-state index is 0.433. The molecule has 3 aliphatic rings. The van der Waals surface area contributed by atoms with E-state index in [0.717, 1.165) is 12.0 Å². The van der Waals surface area contributed by atoms with Gasteiger partial charge in [-0.05, 0) is 50.0 Å². The molecule has 1 atom stereocenters. The van der Waals surface area contributed by atoms with Crippen LogP contribution in [0.1, 0.15) is 32.6 Å². The molecule has 0 spiro atoms. The summed E-state index contributed by atoms with van der Waals surface area (Å²) < 4.78 is 0. The minimum Gasteiger partial charge on any atom is -0.309 e. The first-order valence-corrected chi connectivity index (χ1v) is 8.00. The molecule has 2 heterocycles. The fourth-order valence-electron chi connectivity index (χ4n) is 3.40. The summed E-state index contributed by atoms with van der Waals surface area (Å²) in [5.74, 6) is 3.73. The molecule has 1 aliphatic carbocycles. The Balaban J connectivity index is 1.62. The van der Waals surface area contributed by atoms with Crippen LogP contribution in [-0.2, 0) is 0 Å². The Morgan fingerprint density at radius 1 is 1.19 bits per heavy atom. The van der Waals surface area contributed by atoms with E-state index in [1.807, 2.05) is 0 Å². The van der Waals surface area contributed by atoms with Gasteiger partial charge in [-0.15, -0.1) is 0 Å². The summed E-state index contributed by atoms with van der Waals surface area (Å²) >= 11 is 2.14. The third-order valence-corrected chi connectivity index (χ3v) is 5.69. The highest BCUT2D eigenvalue weighted by atomic mass is 32.2. The maximum atomic E-state index is 3.78. The van der Waals surface area contributed by atoms with E-state index in [1.54, 1.807) is 0 Å². The monoisotopic (exact) mass is 240 g/mol. The Labute approximate surface area is 104 Å². The van der Waals surface area contributed by atoms with Crippen molar-refractivity contribution in [3.8, 4) is 0 Å². The van der Waals surface area contributed by atoms with Crippen LogP contribution in [0.2, 0.25) is 0 Å². The fraction of sp³-hybridized carbons (Fsp3) is 1.00. The van der Waals surface area contributed by atoms with Crippen molar-refractivity contribution in [2.24, 2.45) is 5.92 Å². The van der Waals surface area contributed by atoms with Crippen LogP contribution in [0.5, 0.6) is 0 Å². The Morgan fingerprint density at radius 3 is 2.62 bits per heavy atom. The lowest BCUT2D eigenvalue weighted by Crippen LogP contribution is -2.62. The van der Waals surface area contributed by atoms with E-state index in [9.17, 15) is 0 Å². The smallest absolute Gasteiger partial charge is 0.0309 e. The van der Waals surface area contributed by atoms with Gasteiger partial charge in [0.15, 0.2) is 0 Å². The van der Waals surface area contributed by atoms with Gasteiger partial charge in [0.25, 0.3) is 0 Å². The van der Waals surface area contributed by atoms with Gasteiger partial charge in [0.1, 0.15) is 0 Å². The van der Waals surface area contributed by atoms with Crippen molar-refractivity contribution in [1.29, 1.82) is 0 Å². The number of hydrogen-bond acceptors (Lipinski definition) is 3. The third kappa shape index (κ3) is 2.27. The molecule has 0 amide bonds. The van der Waals surface area contributed by atoms with E-state index in [-0.39, 0.29) is 0 Å². The van der Waals surface area contributed by atoms with Gasteiger partial charge in [0.05, 0.1) is 0 Å². The molecule has 0 aromatic carbocycles. The molecule has 3 rings (SSSR count).